The number of rotatable bonds is 1. The molecular formula is C8H6ClN3S. The number of halogens is 1. The van der Waals surface area contributed by atoms with Crippen LogP contribution in [-0.4, -0.2) is 21.2 Å². The first-order chi connectivity index (χ1) is 6.31. The topological polar surface area (TPSA) is 38.7 Å². The minimum atomic E-state index is 0.470. The molecule has 3 nitrogen and oxygen atoms in total. The highest BCUT2D eigenvalue weighted by atomic mass is 35.5. The molecule has 0 aromatic carbocycles. The van der Waals surface area contributed by atoms with E-state index in [1.165, 1.54) is 18.1 Å². The maximum absolute atomic E-state index is 5.77. The van der Waals surface area contributed by atoms with E-state index < -0.39 is 0 Å². The summed E-state index contributed by atoms with van der Waals surface area (Å²) in [6, 6.07) is 3.56. The first-order valence-corrected chi connectivity index (χ1v) is 5.23. The number of hydrogen-bond acceptors (Lipinski definition) is 4. The molecule has 0 unspecified atom stereocenters. The Labute approximate surface area is 84.6 Å². The highest BCUT2D eigenvalue weighted by Gasteiger charge is 2.03. The molecule has 0 fully saturated rings. The fourth-order valence-corrected chi connectivity index (χ4v) is 1.69. The molecule has 0 saturated heterocycles. The molecule has 0 aliphatic carbocycles. The fourth-order valence-electron chi connectivity index (χ4n) is 1.04. The summed E-state index contributed by atoms with van der Waals surface area (Å²) in [5.41, 5.74) is 1.59. The van der Waals surface area contributed by atoms with E-state index in [1.807, 2.05) is 12.3 Å². The predicted octanol–water partition coefficient (Wildman–Crippen LogP) is 2.40. The van der Waals surface area contributed by atoms with Gasteiger partial charge in [0.05, 0.1) is 5.52 Å². The maximum Gasteiger partial charge on any atom is 0.130 e. The molecule has 5 heteroatoms. The van der Waals surface area contributed by atoms with Crippen LogP contribution >= 0.6 is 23.4 Å². The number of aromatic nitrogens is 3. The lowest BCUT2D eigenvalue weighted by atomic mass is 10.4. The molecule has 0 radical (unpaired) electrons. The third-order valence-electron chi connectivity index (χ3n) is 1.61. The Morgan fingerprint density at radius 3 is 2.92 bits per heavy atom. The van der Waals surface area contributed by atoms with E-state index in [1.54, 1.807) is 6.07 Å². The summed E-state index contributed by atoms with van der Waals surface area (Å²) in [5, 5.41) is 1.32. The third-order valence-corrected chi connectivity index (χ3v) is 2.50. The van der Waals surface area contributed by atoms with E-state index in [2.05, 4.69) is 15.0 Å². The molecule has 0 spiro atoms. The van der Waals surface area contributed by atoms with Gasteiger partial charge >= 0.3 is 0 Å². The van der Waals surface area contributed by atoms with Gasteiger partial charge in [-0.3, -0.25) is 0 Å². The van der Waals surface area contributed by atoms with Gasteiger partial charge in [0.15, 0.2) is 0 Å². The minimum Gasteiger partial charge on any atom is -0.235 e. The first kappa shape index (κ1) is 8.72. The summed E-state index contributed by atoms with van der Waals surface area (Å²) in [6.45, 7) is 0. The van der Waals surface area contributed by atoms with E-state index in [0.717, 1.165) is 16.1 Å². The lowest BCUT2D eigenvalue weighted by molar-refractivity contribution is 1.08. The molecule has 2 heterocycles. The Hall–Kier alpha value is -0.870. The molecular weight excluding hydrogens is 206 g/mol. The summed E-state index contributed by atoms with van der Waals surface area (Å²) in [4.78, 5) is 12.3. The van der Waals surface area contributed by atoms with Crippen molar-refractivity contribution >= 4 is 34.4 Å². The fraction of sp³-hybridized carbons (Fsp3) is 0.125. The smallest absolute Gasteiger partial charge is 0.130 e. The van der Waals surface area contributed by atoms with E-state index >= 15 is 0 Å². The number of pyridine rings is 1. The van der Waals surface area contributed by atoms with Gasteiger partial charge in [0.2, 0.25) is 0 Å². The van der Waals surface area contributed by atoms with Gasteiger partial charge in [-0.15, -0.1) is 11.8 Å². The zero-order valence-electron chi connectivity index (χ0n) is 6.86. The molecule has 0 bridgehead atoms. The SMILES string of the molecule is CSc1ncnc2ccc(Cl)nc12. The highest BCUT2D eigenvalue weighted by Crippen LogP contribution is 2.21. The Morgan fingerprint density at radius 2 is 2.15 bits per heavy atom. The van der Waals surface area contributed by atoms with Crippen LogP contribution in [0.15, 0.2) is 23.5 Å². The van der Waals surface area contributed by atoms with E-state index in [4.69, 9.17) is 11.6 Å². The van der Waals surface area contributed by atoms with Crippen LogP contribution in [0.3, 0.4) is 0 Å². The Balaban J connectivity index is 2.79. The molecule has 0 aliphatic heterocycles. The summed E-state index contributed by atoms with van der Waals surface area (Å²) < 4.78 is 0. The largest absolute Gasteiger partial charge is 0.235 e. The molecule has 2 aromatic heterocycles. The Morgan fingerprint density at radius 1 is 1.31 bits per heavy atom. The molecule has 2 aromatic rings. The van der Waals surface area contributed by atoms with Gasteiger partial charge in [0.1, 0.15) is 22.0 Å². The zero-order chi connectivity index (χ0) is 9.26. The van der Waals surface area contributed by atoms with Crippen molar-refractivity contribution in [3.63, 3.8) is 0 Å². The average Bonchev–Trinajstić information content (AvgIpc) is 2.17. The van der Waals surface area contributed by atoms with E-state index in [-0.39, 0.29) is 0 Å². The summed E-state index contributed by atoms with van der Waals surface area (Å²) in [5.74, 6) is 0. The number of fused-ring (bicyclic) bond motifs is 1. The molecule has 2 rings (SSSR count). The molecule has 0 saturated carbocycles. The lowest BCUT2D eigenvalue weighted by Crippen LogP contribution is -1.89. The van der Waals surface area contributed by atoms with Crippen LogP contribution in [0.5, 0.6) is 0 Å². The standard InChI is InChI=1S/C8H6ClN3S/c1-13-8-7-5(10-4-11-8)2-3-6(9)12-7/h2-4H,1H3. The van der Waals surface area contributed by atoms with Gasteiger partial charge in [0, 0.05) is 0 Å². The van der Waals surface area contributed by atoms with Crippen LogP contribution in [0.25, 0.3) is 11.0 Å². The van der Waals surface area contributed by atoms with Crippen LogP contribution < -0.4 is 0 Å². The van der Waals surface area contributed by atoms with Gasteiger partial charge in [0.25, 0.3) is 0 Å². The summed E-state index contributed by atoms with van der Waals surface area (Å²) >= 11 is 7.31. The van der Waals surface area contributed by atoms with Crippen LogP contribution in [0.1, 0.15) is 0 Å². The van der Waals surface area contributed by atoms with Crippen LogP contribution in [-0.2, 0) is 0 Å². The van der Waals surface area contributed by atoms with Crippen LogP contribution in [0.4, 0.5) is 0 Å². The van der Waals surface area contributed by atoms with E-state index in [0.29, 0.717) is 5.15 Å². The van der Waals surface area contributed by atoms with Crippen molar-refractivity contribution in [1.82, 2.24) is 15.0 Å². The average molecular weight is 212 g/mol. The zero-order valence-corrected chi connectivity index (χ0v) is 8.43. The maximum atomic E-state index is 5.77. The van der Waals surface area contributed by atoms with Crippen LogP contribution in [0.2, 0.25) is 5.15 Å². The van der Waals surface area contributed by atoms with Crippen molar-refractivity contribution in [2.75, 3.05) is 6.26 Å². The van der Waals surface area contributed by atoms with Crippen molar-refractivity contribution in [3.05, 3.63) is 23.6 Å². The number of nitrogens with zero attached hydrogens (tertiary/aromatic N) is 3. The van der Waals surface area contributed by atoms with Crippen molar-refractivity contribution in [2.24, 2.45) is 0 Å². The summed E-state index contributed by atoms with van der Waals surface area (Å²) in [7, 11) is 0. The van der Waals surface area contributed by atoms with Gasteiger partial charge in [-0.25, -0.2) is 15.0 Å². The molecule has 0 aliphatic rings. The molecule has 0 amide bonds. The number of hydrogen-bond donors (Lipinski definition) is 0. The second kappa shape index (κ2) is 3.47. The quantitative estimate of drug-likeness (QED) is 0.413. The van der Waals surface area contributed by atoms with Gasteiger partial charge in [-0.05, 0) is 18.4 Å². The van der Waals surface area contributed by atoms with Gasteiger partial charge in [-0.2, -0.15) is 0 Å². The monoisotopic (exact) mass is 211 g/mol. The third kappa shape index (κ3) is 1.59. The predicted molar refractivity (Wildman–Crippen MR) is 54.1 cm³/mol. The van der Waals surface area contributed by atoms with Gasteiger partial charge < -0.3 is 0 Å². The first-order valence-electron chi connectivity index (χ1n) is 3.62. The van der Waals surface area contributed by atoms with Crippen LogP contribution in [0, 0.1) is 0 Å². The van der Waals surface area contributed by atoms with Crippen molar-refractivity contribution in [1.29, 1.82) is 0 Å². The van der Waals surface area contributed by atoms with Crippen molar-refractivity contribution in [2.45, 2.75) is 5.03 Å². The van der Waals surface area contributed by atoms with Crippen molar-refractivity contribution < 1.29 is 0 Å². The Kier molecular flexibility index (Phi) is 2.33. The normalized spacial score (nSPS) is 10.6. The second-order valence-corrected chi connectivity index (χ2v) is 3.57. The Bertz CT molecular complexity index is 446. The van der Waals surface area contributed by atoms with E-state index in [9.17, 15) is 0 Å². The number of thioether (sulfide) groups is 1. The molecule has 66 valence electrons. The lowest BCUT2D eigenvalue weighted by Gasteiger charge is -2.00. The molecule has 0 N–H and O–H groups in total. The minimum absolute atomic E-state index is 0.470. The van der Waals surface area contributed by atoms with Crippen molar-refractivity contribution in [3.8, 4) is 0 Å². The summed E-state index contributed by atoms with van der Waals surface area (Å²) in [6.07, 6.45) is 3.48. The molecule has 0 atom stereocenters. The highest BCUT2D eigenvalue weighted by molar-refractivity contribution is 7.98. The van der Waals surface area contributed by atoms with Gasteiger partial charge in [-0.1, -0.05) is 11.6 Å². The molecule has 13 heavy (non-hydrogen) atoms. The second-order valence-electron chi connectivity index (χ2n) is 2.38.